The summed E-state index contributed by atoms with van der Waals surface area (Å²) < 4.78 is 5.23. The zero-order valence-electron chi connectivity index (χ0n) is 11.1. The first-order valence-corrected chi connectivity index (χ1v) is 6.83. The average Bonchev–Trinajstić information content (AvgIpc) is 2.99. The average molecular weight is 243 g/mol. The molecule has 1 aromatic rings. The van der Waals surface area contributed by atoms with Crippen molar-refractivity contribution >= 4 is 5.69 Å². The molecular weight excluding hydrogens is 222 g/mol. The third-order valence-electron chi connectivity index (χ3n) is 4.40. The van der Waals surface area contributed by atoms with Gasteiger partial charge in [0.25, 0.3) is 0 Å². The van der Waals surface area contributed by atoms with Gasteiger partial charge in [0.15, 0.2) is 0 Å². The van der Waals surface area contributed by atoms with Crippen molar-refractivity contribution in [2.45, 2.75) is 19.8 Å². The van der Waals surface area contributed by atoms with E-state index in [4.69, 9.17) is 4.74 Å². The molecular formula is C16H21NO. The smallest absolute Gasteiger partial charge is 0.119 e. The lowest BCUT2D eigenvalue weighted by Crippen LogP contribution is -2.18. The Bertz CT molecular complexity index is 466. The highest BCUT2D eigenvalue weighted by atomic mass is 16.5. The number of anilines is 1. The van der Waals surface area contributed by atoms with E-state index in [1.54, 1.807) is 7.11 Å². The molecule has 2 heteroatoms. The van der Waals surface area contributed by atoms with Crippen molar-refractivity contribution in [1.82, 2.24) is 0 Å². The highest BCUT2D eigenvalue weighted by Crippen LogP contribution is 2.43. The normalized spacial score (nSPS) is 28.7. The van der Waals surface area contributed by atoms with Gasteiger partial charge >= 0.3 is 0 Å². The third-order valence-corrected chi connectivity index (χ3v) is 4.40. The summed E-state index contributed by atoms with van der Waals surface area (Å²) in [6, 6.07) is 6.23. The summed E-state index contributed by atoms with van der Waals surface area (Å²) in [7, 11) is 1.71. The van der Waals surface area contributed by atoms with Crippen LogP contribution in [-0.4, -0.2) is 13.7 Å². The minimum Gasteiger partial charge on any atom is -0.497 e. The van der Waals surface area contributed by atoms with Gasteiger partial charge in [-0.15, -0.1) is 0 Å². The van der Waals surface area contributed by atoms with Crippen LogP contribution in [0.3, 0.4) is 0 Å². The number of hydrogen-bond donors (Lipinski definition) is 1. The number of aryl methyl sites for hydroxylation is 1. The molecule has 0 aromatic heterocycles. The Hall–Kier alpha value is -1.44. The van der Waals surface area contributed by atoms with Crippen molar-refractivity contribution < 1.29 is 4.74 Å². The van der Waals surface area contributed by atoms with E-state index in [9.17, 15) is 0 Å². The van der Waals surface area contributed by atoms with Crippen LogP contribution in [0.25, 0.3) is 0 Å². The van der Waals surface area contributed by atoms with Gasteiger partial charge < -0.3 is 10.1 Å². The lowest BCUT2D eigenvalue weighted by atomic mass is 9.93. The van der Waals surface area contributed by atoms with Crippen LogP contribution >= 0.6 is 0 Å². The summed E-state index contributed by atoms with van der Waals surface area (Å²) in [6.07, 6.45) is 7.57. The molecule has 3 unspecified atom stereocenters. The second kappa shape index (κ2) is 4.68. The first-order valence-electron chi connectivity index (χ1n) is 6.83. The van der Waals surface area contributed by atoms with Crippen LogP contribution in [0.15, 0.2) is 30.4 Å². The Kier molecular flexibility index (Phi) is 3.02. The van der Waals surface area contributed by atoms with Crippen molar-refractivity contribution in [3.05, 3.63) is 35.9 Å². The van der Waals surface area contributed by atoms with Crippen LogP contribution < -0.4 is 10.1 Å². The Labute approximate surface area is 109 Å². The quantitative estimate of drug-likeness (QED) is 0.815. The highest BCUT2D eigenvalue weighted by molar-refractivity contribution is 5.53. The number of ether oxygens (including phenoxy) is 1. The monoisotopic (exact) mass is 243 g/mol. The summed E-state index contributed by atoms with van der Waals surface area (Å²) in [5, 5.41) is 3.60. The van der Waals surface area contributed by atoms with Crippen LogP contribution in [0.2, 0.25) is 0 Å². The second-order valence-electron chi connectivity index (χ2n) is 5.60. The summed E-state index contributed by atoms with van der Waals surface area (Å²) in [5.41, 5.74) is 2.50. The molecule has 0 aliphatic heterocycles. The van der Waals surface area contributed by atoms with Gasteiger partial charge in [0.1, 0.15) is 5.75 Å². The van der Waals surface area contributed by atoms with Gasteiger partial charge in [0.05, 0.1) is 7.11 Å². The molecule has 1 aromatic carbocycles. The van der Waals surface area contributed by atoms with Crippen molar-refractivity contribution in [2.24, 2.45) is 17.8 Å². The molecule has 2 nitrogen and oxygen atoms in total. The molecule has 1 N–H and O–H groups in total. The number of fused-ring (bicyclic) bond motifs is 2. The zero-order chi connectivity index (χ0) is 12.5. The minimum atomic E-state index is 0.820. The lowest BCUT2D eigenvalue weighted by molar-refractivity contribution is 0.414. The SMILES string of the molecule is COc1ccc(NCC2CC3C=CC2C3)c(C)c1. The second-order valence-corrected chi connectivity index (χ2v) is 5.60. The zero-order valence-corrected chi connectivity index (χ0v) is 11.1. The summed E-state index contributed by atoms with van der Waals surface area (Å²) in [6.45, 7) is 3.23. The van der Waals surface area contributed by atoms with E-state index in [1.807, 2.05) is 6.07 Å². The maximum atomic E-state index is 5.23. The van der Waals surface area contributed by atoms with Crippen molar-refractivity contribution in [3.8, 4) is 5.75 Å². The van der Waals surface area contributed by atoms with E-state index < -0.39 is 0 Å². The van der Waals surface area contributed by atoms with Gasteiger partial charge in [-0.3, -0.25) is 0 Å². The fourth-order valence-electron chi connectivity index (χ4n) is 3.33. The Balaban J connectivity index is 1.62. The Morgan fingerprint density at radius 3 is 2.78 bits per heavy atom. The third kappa shape index (κ3) is 2.12. The molecule has 18 heavy (non-hydrogen) atoms. The number of rotatable bonds is 4. The summed E-state index contributed by atoms with van der Waals surface area (Å²) in [4.78, 5) is 0. The van der Waals surface area contributed by atoms with E-state index >= 15 is 0 Å². The maximum absolute atomic E-state index is 5.23. The van der Waals surface area contributed by atoms with E-state index in [1.165, 1.54) is 24.1 Å². The molecule has 3 rings (SSSR count). The Morgan fingerprint density at radius 1 is 1.28 bits per heavy atom. The summed E-state index contributed by atoms with van der Waals surface area (Å²) >= 11 is 0. The fraction of sp³-hybridized carbons (Fsp3) is 0.500. The molecule has 1 fully saturated rings. The number of benzene rings is 1. The molecule has 1 saturated carbocycles. The molecule has 96 valence electrons. The molecule has 2 aliphatic carbocycles. The first kappa shape index (κ1) is 11.6. The summed E-state index contributed by atoms with van der Waals surface area (Å²) in [5.74, 6) is 3.43. The Morgan fingerprint density at radius 2 is 2.17 bits per heavy atom. The fourth-order valence-corrected chi connectivity index (χ4v) is 3.33. The topological polar surface area (TPSA) is 21.3 Å². The molecule has 3 atom stereocenters. The van der Waals surface area contributed by atoms with Crippen molar-refractivity contribution in [3.63, 3.8) is 0 Å². The van der Waals surface area contributed by atoms with Gasteiger partial charge in [-0.05, 0) is 61.3 Å². The highest BCUT2D eigenvalue weighted by Gasteiger charge is 2.35. The van der Waals surface area contributed by atoms with Crippen LogP contribution in [0, 0.1) is 24.7 Å². The molecule has 0 saturated heterocycles. The molecule has 0 spiro atoms. The van der Waals surface area contributed by atoms with Gasteiger partial charge in [-0.1, -0.05) is 12.2 Å². The van der Waals surface area contributed by atoms with Crippen molar-refractivity contribution in [1.29, 1.82) is 0 Å². The predicted octanol–water partition coefficient (Wildman–Crippen LogP) is 3.63. The molecule has 2 aliphatic rings. The lowest BCUT2D eigenvalue weighted by Gasteiger charge is -2.20. The van der Waals surface area contributed by atoms with Gasteiger partial charge in [-0.2, -0.15) is 0 Å². The van der Waals surface area contributed by atoms with E-state index in [0.29, 0.717) is 0 Å². The molecule has 0 radical (unpaired) electrons. The van der Waals surface area contributed by atoms with E-state index in [0.717, 1.165) is 30.0 Å². The van der Waals surface area contributed by atoms with Crippen LogP contribution in [0.5, 0.6) is 5.75 Å². The van der Waals surface area contributed by atoms with E-state index in [2.05, 4.69) is 36.5 Å². The molecule has 0 amide bonds. The van der Waals surface area contributed by atoms with E-state index in [-0.39, 0.29) is 0 Å². The number of methoxy groups -OCH3 is 1. The number of hydrogen-bond acceptors (Lipinski definition) is 2. The largest absolute Gasteiger partial charge is 0.497 e. The van der Waals surface area contributed by atoms with Gasteiger partial charge in [0, 0.05) is 12.2 Å². The number of nitrogens with one attached hydrogen (secondary N) is 1. The van der Waals surface area contributed by atoms with Crippen LogP contribution in [0.1, 0.15) is 18.4 Å². The molecule has 0 heterocycles. The van der Waals surface area contributed by atoms with Gasteiger partial charge in [0.2, 0.25) is 0 Å². The van der Waals surface area contributed by atoms with Crippen LogP contribution in [0.4, 0.5) is 5.69 Å². The standard InChI is InChI=1S/C16H21NO/c1-11-7-15(18-2)5-6-16(11)17-10-14-9-12-3-4-13(14)8-12/h3-7,12-14,17H,8-10H2,1-2H3. The molecule has 2 bridgehead atoms. The van der Waals surface area contributed by atoms with Gasteiger partial charge in [-0.25, -0.2) is 0 Å². The number of allylic oxidation sites excluding steroid dienone is 2. The van der Waals surface area contributed by atoms with Crippen molar-refractivity contribution in [2.75, 3.05) is 19.0 Å². The predicted molar refractivity (Wildman–Crippen MR) is 75.1 cm³/mol. The van der Waals surface area contributed by atoms with Crippen LogP contribution in [-0.2, 0) is 0 Å². The minimum absolute atomic E-state index is 0.820. The maximum Gasteiger partial charge on any atom is 0.119 e. The first-order chi connectivity index (χ1) is 8.76.